The number of rotatable bonds is 9. The van der Waals surface area contributed by atoms with E-state index in [-0.39, 0.29) is 47.0 Å². The first-order chi connectivity index (χ1) is 26.4. The van der Waals surface area contributed by atoms with Gasteiger partial charge in [0.1, 0.15) is 28.9 Å². The molecule has 5 aromatic rings. The molecule has 8 rings (SSSR count). The Labute approximate surface area is 316 Å². The van der Waals surface area contributed by atoms with Crippen molar-refractivity contribution in [2.24, 2.45) is 0 Å². The zero-order valence-electron chi connectivity index (χ0n) is 31.1. The van der Waals surface area contributed by atoms with Gasteiger partial charge in [-0.3, -0.25) is 24.6 Å². The summed E-state index contributed by atoms with van der Waals surface area (Å²) in [6.45, 7) is 8.58. The van der Waals surface area contributed by atoms with Crippen molar-refractivity contribution >= 4 is 46.2 Å². The van der Waals surface area contributed by atoms with Gasteiger partial charge in [0, 0.05) is 55.8 Å². The van der Waals surface area contributed by atoms with E-state index < -0.39 is 23.6 Å². The highest BCUT2D eigenvalue weighted by molar-refractivity contribution is 6.05. The van der Waals surface area contributed by atoms with Crippen LogP contribution in [-0.4, -0.2) is 84.2 Å². The lowest BCUT2D eigenvalue weighted by atomic mass is 10.0. The molecule has 13 nitrogen and oxygen atoms in total. The maximum absolute atomic E-state index is 15.1. The average molecular weight is 749 g/mol. The number of piperidine rings is 2. The first-order valence-electron chi connectivity index (χ1n) is 18.6. The third-order valence-electron chi connectivity index (χ3n) is 10.9. The molecule has 3 aromatic heterocycles. The van der Waals surface area contributed by atoms with E-state index in [0.29, 0.717) is 41.7 Å². The molecule has 55 heavy (non-hydrogen) atoms. The van der Waals surface area contributed by atoms with E-state index >= 15 is 8.78 Å². The number of pyridine rings is 1. The van der Waals surface area contributed by atoms with Crippen LogP contribution < -0.4 is 15.5 Å². The molecule has 2 aromatic carbocycles. The van der Waals surface area contributed by atoms with Crippen LogP contribution in [-0.2, 0) is 22.7 Å². The third-order valence-corrected chi connectivity index (χ3v) is 10.9. The number of hydrogen-bond donors (Lipinski definition) is 2. The number of nitrogens with zero attached hydrogens (tertiary/aromatic N) is 8. The summed E-state index contributed by atoms with van der Waals surface area (Å²) in [5, 5.41) is 5.41. The van der Waals surface area contributed by atoms with Gasteiger partial charge in [-0.25, -0.2) is 28.7 Å². The molecule has 0 bridgehead atoms. The number of amides is 3. The molecule has 284 valence electrons. The molecule has 2 fully saturated rings. The van der Waals surface area contributed by atoms with Gasteiger partial charge >= 0.3 is 0 Å². The fourth-order valence-corrected chi connectivity index (χ4v) is 8.16. The highest BCUT2D eigenvalue weighted by Gasteiger charge is 2.39. The number of aromatic nitrogens is 5. The predicted octanol–water partition coefficient (Wildman–Crippen LogP) is 5.66. The monoisotopic (exact) mass is 748 g/mol. The number of halogens is 2. The molecule has 1 unspecified atom stereocenters. The third kappa shape index (κ3) is 6.99. The lowest BCUT2D eigenvalue weighted by molar-refractivity contribution is -0.136. The van der Waals surface area contributed by atoms with Crippen LogP contribution in [0.1, 0.15) is 72.9 Å². The van der Waals surface area contributed by atoms with Gasteiger partial charge in [-0.2, -0.15) is 0 Å². The highest BCUT2D eigenvalue weighted by atomic mass is 19.1. The summed E-state index contributed by atoms with van der Waals surface area (Å²) < 4.78 is 32.1. The smallest absolute Gasteiger partial charge is 0.255 e. The zero-order valence-corrected chi connectivity index (χ0v) is 31.1. The van der Waals surface area contributed by atoms with Crippen LogP contribution in [0, 0.1) is 18.6 Å². The maximum atomic E-state index is 15.1. The Balaban J connectivity index is 0.872. The molecule has 3 aliphatic heterocycles. The SMILES string of the molecule is Cc1nc2c(F)cc(-c3nc(Nc4ccc(N5CCC(N(C)Cc6ccc7c(c6)CN(C6CCC(=O)NC6=O)C7=O)CC5)cn4)ncc3F)cc2n1C(C)C. The van der Waals surface area contributed by atoms with Crippen LogP contribution in [0.4, 0.5) is 26.2 Å². The number of carbonyl (C=O) groups is 3. The molecule has 3 amide bonds. The van der Waals surface area contributed by atoms with Crippen LogP contribution in [0.15, 0.2) is 54.9 Å². The normalized spacial score (nSPS) is 17.8. The van der Waals surface area contributed by atoms with E-state index in [2.05, 4.69) is 53.5 Å². The first kappa shape index (κ1) is 36.2. The van der Waals surface area contributed by atoms with Crippen molar-refractivity contribution in [1.29, 1.82) is 0 Å². The second-order valence-corrected chi connectivity index (χ2v) is 14.9. The number of nitrogens with one attached hydrogen (secondary N) is 2. The first-order valence-corrected chi connectivity index (χ1v) is 18.6. The van der Waals surface area contributed by atoms with Crippen LogP contribution in [0.5, 0.6) is 0 Å². The number of anilines is 3. The molecule has 0 spiro atoms. The Bertz CT molecular complexity index is 2320. The molecule has 2 N–H and O–H groups in total. The van der Waals surface area contributed by atoms with E-state index in [0.717, 1.165) is 55.5 Å². The Hall–Kier alpha value is -5.83. The minimum Gasteiger partial charge on any atom is -0.370 e. The molecule has 15 heteroatoms. The summed E-state index contributed by atoms with van der Waals surface area (Å²) in [7, 11) is 2.12. The van der Waals surface area contributed by atoms with Gasteiger partial charge in [0.2, 0.25) is 17.8 Å². The molecule has 1 atom stereocenters. The van der Waals surface area contributed by atoms with E-state index in [1.54, 1.807) is 17.2 Å². The fraction of sp³-hybridized carbons (Fsp3) is 0.375. The van der Waals surface area contributed by atoms with E-state index in [9.17, 15) is 14.4 Å². The van der Waals surface area contributed by atoms with E-state index in [1.807, 2.05) is 49.6 Å². The van der Waals surface area contributed by atoms with Gasteiger partial charge in [-0.05, 0) is 88.5 Å². The molecular formula is C40H42F2N10O3. The number of fused-ring (bicyclic) bond motifs is 2. The quantitative estimate of drug-likeness (QED) is 0.182. The van der Waals surface area contributed by atoms with Gasteiger partial charge in [0.25, 0.3) is 5.91 Å². The summed E-state index contributed by atoms with van der Waals surface area (Å²) in [6, 6.07) is 12.4. The maximum Gasteiger partial charge on any atom is 0.255 e. The number of imide groups is 1. The summed E-state index contributed by atoms with van der Waals surface area (Å²) >= 11 is 0. The molecule has 0 radical (unpaired) electrons. The Morgan fingerprint density at radius 3 is 2.49 bits per heavy atom. The largest absolute Gasteiger partial charge is 0.370 e. The summed E-state index contributed by atoms with van der Waals surface area (Å²) in [5.74, 6) is -0.788. The fourth-order valence-electron chi connectivity index (χ4n) is 8.16. The van der Waals surface area contributed by atoms with Crippen molar-refractivity contribution in [3.63, 3.8) is 0 Å². The van der Waals surface area contributed by atoms with Crippen molar-refractivity contribution in [2.45, 2.75) is 77.7 Å². The number of hydrogen-bond acceptors (Lipinski definition) is 10. The lowest BCUT2D eigenvalue weighted by Crippen LogP contribution is -2.52. The summed E-state index contributed by atoms with van der Waals surface area (Å²) in [6.07, 6.45) is 5.35. The van der Waals surface area contributed by atoms with Gasteiger partial charge in [0.15, 0.2) is 11.6 Å². The van der Waals surface area contributed by atoms with Gasteiger partial charge < -0.3 is 19.7 Å². The lowest BCUT2D eigenvalue weighted by Gasteiger charge is -2.37. The molecule has 3 aliphatic rings. The molecule has 6 heterocycles. The van der Waals surface area contributed by atoms with Crippen molar-refractivity contribution in [1.82, 2.24) is 39.6 Å². The predicted molar refractivity (Wildman–Crippen MR) is 203 cm³/mol. The van der Waals surface area contributed by atoms with Crippen molar-refractivity contribution in [3.8, 4) is 11.3 Å². The molecule has 0 saturated carbocycles. The van der Waals surface area contributed by atoms with E-state index in [1.165, 1.54) is 6.07 Å². The summed E-state index contributed by atoms with van der Waals surface area (Å²) in [4.78, 5) is 60.8. The summed E-state index contributed by atoms with van der Waals surface area (Å²) in [5.41, 5.74) is 4.68. The number of imidazole rings is 1. The molecule has 0 aliphatic carbocycles. The van der Waals surface area contributed by atoms with Crippen molar-refractivity contribution in [3.05, 3.63) is 89.0 Å². The standard InChI is InChI=1S/C40H42F2N10O3/c1-22(2)52-23(3)45-37-30(41)16-25(17-33(37)52)36-31(42)19-44-40(48-36)46-34-9-6-28(18-43-34)50-13-11-27(12-14-50)49(4)20-24-5-7-29-26(15-24)21-51(39(29)55)32-8-10-35(53)47-38(32)54/h5-7,9,15-19,22,27,32H,8,10-14,20-21H2,1-4H3,(H,47,53,54)(H,43,44,46,48). The van der Waals surface area contributed by atoms with Crippen LogP contribution in [0.3, 0.4) is 0 Å². The van der Waals surface area contributed by atoms with Crippen LogP contribution in [0.2, 0.25) is 0 Å². The Morgan fingerprint density at radius 1 is 0.964 bits per heavy atom. The van der Waals surface area contributed by atoms with Crippen LogP contribution in [0.25, 0.3) is 22.3 Å². The van der Waals surface area contributed by atoms with Gasteiger partial charge in [-0.1, -0.05) is 12.1 Å². The van der Waals surface area contributed by atoms with Crippen molar-refractivity contribution in [2.75, 3.05) is 30.4 Å². The Kier molecular flexibility index (Phi) is 9.49. The average Bonchev–Trinajstić information content (AvgIpc) is 3.68. The topological polar surface area (TPSA) is 141 Å². The number of benzene rings is 2. The van der Waals surface area contributed by atoms with Gasteiger partial charge in [0.05, 0.1) is 23.6 Å². The highest BCUT2D eigenvalue weighted by Crippen LogP contribution is 2.32. The van der Waals surface area contributed by atoms with Gasteiger partial charge in [-0.15, -0.1) is 0 Å². The zero-order chi connectivity index (χ0) is 38.5. The minimum atomic E-state index is -0.670. The van der Waals surface area contributed by atoms with Crippen LogP contribution >= 0.6 is 0 Å². The van der Waals surface area contributed by atoms with E-state index in [4.69, 9.17) is 0 Å². The molecule has 2 saturated heterocycles. The van der Waals surface area contributed by atoms with Crippen molar-refractivity contribution < 1.29 is 23.2 Å². The number of carbonyl (C=O) groups excluding carboxylic acids is 3. The molecular weight excluding hydrogens is 707 g/mol. The Morgan fingerprint density at radius 2 is 1.76 bits per heavy atom. The second kappa shape index (κ2) is 14.4. The number of aryl methyl sites for hydroxylation is 1. The second-order valence-electron chi connectivity index (χ2n) is 14.9. The minimum absolute atomic E-state index is 0.0281.